The number of nitrogens with one attached hydrogen (secondary N) is 1. The van der Waals surface area contributed by atoms with E-state index < -0.39 is 47.1 Å². The molecule has 0 amide bonds. The van der Waals surface area contributed by atoms with Gasteiger partial charge in [-0.05, 0) is 36.0 Å². The van der Waals surface area contributed by atoms with Crippen LogP contribution in [0.5, 0.6) is 0 Å². The molecule has 8 nitrogen and oxygen atoms in total. The molecular weight excluding hydrogens is 463 g/mol. The molecule has 10 heteroatoms. The molecule has 2 rings (SSSR count). The number of rotatable bonds is 13. The van der Waals surface area contributed by atoms with Crippen molar-refractivity contribution >= 4 is 23.4 Å². The van der Waals surface area contributed by atoms with Crippen molar-refractivity contribution < 1.29 is 33.5 Å². The van der Waals surface area contributed by atoms with Gasteiger partial charge >= 0.3 is 0 Å². The molecule has 0 radical (unpaired) electrons. The lowest BCUT2D eigenvalue weighted by molar-refractivity contribution is -0.386. The average molecular weight is 496 g/mol. The fourth-order valence-corrected chi connectivity index (χ4v) is 8.08. The van der Waals surface area contributed by atoms with Gasteiger partial charge in [0.05, 0.1) is 18.1 Å². The Bertz CT molecular complexity index is 1080. The molecule has 0 heterocycles. The minimum atomic E-state index is -4.52. The smallest absolute Gasteiger partial charge is 0.212 e. The second-order valence-corrected chi connectivity index (χ2v) is 12.7. The Morgan fingerprint density at radius 2 is 1.73 bits per heavy atom. The summed E-state index contributed by atoms with van der Waals surface area (Å²) in [5, 5.41) is 11.8. The second kappa shape index (κ2) is 11.9. The second-order valence-electron chi connectivity index (χ2n) is 8.49. The van der Waals surface area contributed by atoms with Crippen molar-refractivity contribution in [2.45, 2.75) is 44.9 Å². The molecule has 2 aromatic rings. The lowest BCUT2D eigenvalue weighted by Crippen LogP contribution is -2.47. The maximum absolute atomic E-state index is 13.2. The minimum absolute atomic E-state index is 0.236. The highest BCUT2D eigenvalue weighted by Gasteiger charge is 2.32. The van der Waals surface area contributed by atoms with Gasteiger partial charge in [-0.1, -0.05) is 62.4 Å². The van der Waals surface area contributed by atoms with Crippen LogP contribution in [0.3, 0.4) is 0 Å². The van der Waals surface area contributed by atoms with E-state index in [9.17, 15) is 27.8 Å². The van der Waals surface area contributed by atoms with Crippen LogP contribution in [0.1, 0.15) is 42.9 Å². The monoisotopic (exact) mass is 495 g/mol. The number of carbonyl (C=O) groups is 1. The van der Waals surface area contributed by atoms with Gasteiger partial charge in [-0.15, -0.1) is 0 Å². The Morgan fingerprint density at radius 1 is 1.09 bits per heavy atom. The molecule has 0 saturated heterocycles. The summed E-state index contributed by atoms with van der Waals surface area (Å²) in [7, 11) is -8.43. The normalized spacial score (nSPS) is 15.7. The molecule has 3 atom stereocenters. The Balaban J connectivity index is 2.15. The number of aliphatic carboxylic acids is 1. The SMILES string of the molecule is CC(C)[C@H](NS(=O)(=O)CCCc1ccccc1)P(=O)([O-])C[C@H](C(=O)[O-])c1cccc(C[NH3+])c1. The molecule has 4 N–H and O–H groups in total. The zero-order chi connectivity index (χ0) is 24.6. The predicted octanol–water partition coefficient (Wildman–Crippen LogP) is 0.435. The predicted molar refractivity (Wildman–Crippen MR) is 124 cm³/mol. The first kappa shape index (κ1) is 27.2. The molecule has 0 bridgehead atoms. The number of carbonyl (C=O) groups excluding carboxylic acids is 1. The van der Waals surface area contributed by atoms with E-state index in [1.165, 1.54) is 6.07 Å². The highest BCUT2D eigenvalue weighted by molar-refractivity contribution is 7.89. The van der Waals surface area contributed by atoms with Gasteiger partial charge in [0.1, 0.15) is 0 Å². The molecule has 2 aromatic carbocycles. The molecule has 182 valence electrons. The summed E-state index contributed by atoms with van der Waals surface area (Å²) in [5.74, 6) is -5.19. The van der Waals surface area contributed by atoms with Gasteiger partial charge in [0.25, 0.3) is 0 Å². The minimum Gasteiger partial charge on any atom is -0.798 e. The van der Waals surface area contributed by atoms with Crippen molar-refractivity contribution in [3.8, 4) is 0 Å². The van der Waals surface area contributed by atoms with E-state index in [1.54, 1.807) is 32.0 Å². The van der Waals surface area contributed by atoms with Crippen LogP contribution < -0.4 is 20.5 Å². The fraction of sp³-hybridized carbons (Fsp3) is 0.435. The van der Waals surface area contributed by atoms with Crippen LogP contribution >= 0.6 is 7.37 Å². The summed E-state index contributed by atoms with van der Waals surface area (Å²) in [6, 6.07) is 15.9. The third kappa shape index (κ3) is 8.36. The summed E-state index contributed by atoms with van der Waals surface area (Å²) in [6.07, 6.45) is 0.122. The van der Waals surface area contributed by atoms with Crippen molar-refractivity contribution in [3.63, 3.8) is 0 Å². The highest BCUT2D eigenvalue weighted by Crippen LogP contribution is 2.47. The van der Waals surface area contributed by atoms with Crippen molar-refractivity contribution in [2.24, 2.45) is 5.92 Å². The highest BCUT2D eigenvalue weighted by atomic mass is 32.2. The first-order valence-electron chi connectivity index (χ1n) is 10.9. The number of sulfonamides is 1. The lowest BCUT2D eigenvalue weighted by atomic mass is 9.99. The number of benzene rings is 2. The lowest BCUT2D eigenvalue weighted by Gasteiger charge is -2.38. The van der Waals surface area contributed by atoms with Gasteiger partial charge in [-0.2, -0.15) is 0 Å². The first-order valence-corrected chi connectivity index (χ1v) is 14.4. The van der Waals surface area contributed by atoms with E-state index in [-0.39, 0.29) is 5.75 Å². The largest absolute Gasteiger partial charge is 0.798 e. The van der Waals surface area contributed by atoms with E-state index in [1.807, 2.05) is 30.3 Å². The van der Waals surface area contributed by atoms with Crippen LogP contribution in [0.4, 0.5) is 0 Å². The van der Waals surface area contributed by atoms with Gasteiger partial charge in [0.2, 0.25) is 10.0 Å². The van der Waals surface area contributed by atoms with E-state index in [2.05, 4.69) is 10.5 Å². The third-order valence-electron chi connectivity index (χ3n) is 5.44. The van der Waals surface area contributed by atoms with Crippen LogP contribution in [0.15, 0.2) is 54.6 Å². The molecule has 0 aliphatic carbocycles. The standard InChI is InChI=1S/C23H33N2O6PS/c1-17(2)22(25-33(30,31)13-7-11-18-8-4-3-5-9-18)32(28,29)16-21(23(26)27)20-12-6-10-19(14-20)15-24/h3-6,8-10,12,14,17,21-22,25H,7,11,13,15-16,24H2,1-2H3,(H,26,27)(H,28,29)/p-1/t21-,22+/m0/s1. The molecule has 33 heavy (non-hydrogen) atoms. The van der Waals surface area contributed by atoms with Gasteiger partial charge in [-0.25, -0.2) is 13.1 Å². The molecule has 0 saturated carbocycles. The van der Waals surface area contributed by atoms with Gasteiger partial charge in [-0.3, -0.25) is 0 Å². The zero-order valence-corrected chi connectivity index (χ0v) is 20.7. The number of quaternary nitrogens is 1. The Morgan fingerprint density at radius 3 is 2.30 bits per heavy atom. The summed E-state index contributed by atoms with van der Waals surface area (Å²) < 4.78 is 40.8. The maximum Gasteiger partial charge on any atom is 0.212 e. The van der Waals surface area contributed by atoms with Crippen LogP contribution in [-0.2, 0) is 32.3 Å². The van der Waals surface area contributed by atoms with Crippen molar-refractivity contribution in [3.05, 3.63) is 71.3 Å². The average Bonchev–Trinajstić information content (AvgIpc) is 2.76. The molecule has 0 aliphatic rings. The van der Waals surface area contributed by atoms with E-state index in [0.29, 0.717) is 24.9 Å². The zero-order valence-electron chi connectivity index (χ0n) is 19.0. The topological polar surface area (TPSA) is 154 Å². The van der Waals surface area contributed by atoms with Crippen LogP contribution in [-0.4, -0.2) is 32.1 Å². The fourth-order valence-electron chi connectivity index (χ4n) is 3.67. The summed E-state index contributed by atoms with van der Waals surface area (Å²) in [4.78, 5) is 25.0. The molecule has 0 spiro atoms. The summed E-state index contributed by atoms with van der Waals surface area (Å²) in [6.45, 7) is 3.58. The molecule has 0 aliphatic heterocycles. The Labute approximate surface area is 195 Å². The maximum atomic E-state index is 13.2. The van der Waals surface area contributed by atoms with Crippen LogP contribution in [0.25, 0.3) is 0 Å². The van der Waals surface area contributed by atoms with E-state index in [4.69, 9.17) is 0 Å². The van der Waals surface area contributed by atoms with E-state index in [0.717, 1.165) is 11.1 Å². The number of aryl methyl sites for hydroxylation is 1. The summed E-state index contributed by atoms with van der Waals surface area (Å²) in [5.41, 5.74) is 5.80. The number of carboxylic acid groups (broad SMARTS) is 1. The molecule has 1 unspecified atom stereocenters. The van der Waals surface area contributed by atoms with Crippen molar-refractivity contribution in [1.82, 2.24) is 4.72 Å². The quantitative estimate of drug-likeness (QED) is 0.384. The number of carboxylic acids is 1. The number of hydrogen-bond acceptors (Lipinski definition) is 6. The van der Waals surface area contributed by atoms with Gasteiger partial charge in [0, 0.05) is 31.0 Å². The van der Waals surface area contributed by atoms with E-state index >= 15 is 0 Å². The van der Waals surface area contributed by atoms with Crippen molar-refractivity contribution in [2.75, 3.05) is 11.9 Å². The molecule has 0 aromatic heterocycles. The third-order valence-corrected chi connectivity index (χ3v) is 9.50. The molecule has 0 fully saturated rings. The number of hydrogen-bond donors (Lipinski definition) is 2. The van der Waals surface area contributed by atoms with Gasteiger partial charge in [0.15, 0.2) is 0 Å². The Hall–Kier alpha value is -2.03. The van der Waals surface area contributed by atoms with Crippen LogP contribution in [0, 0.1) is 5.92 Å². The Kier molecular flexibility index (Phi) is 9.82. The van der Waals surface area contributed by atoms with Gasteiger partial charge < -0.3 is 25.1 Å². The molecular formula is C23H32N2O6PS-. The summed E-state index contributed by atoms with van der Waals surface area (Å²) >= 11 is 0. The van der Waals surface area contributed by atoms with Crippen LogP contribution in [0.2, 0.25) is 0 Å². The van der Waals surface area contributed by atoms with Crippen molar-refractivity contribution in [1.29, 1.82) is 0 Å². The first-order chi connectivity index (χ1) is 15.4.